The van der Waals surface area contributed by atoms with Crippen molar-refractivity contribution >= 4 is 5.69 Å². The number of nitrogens with two attached hydrogens (primary N) is 1. The van der Waals surface area contributed by atoms with Gasteiger partial charge in [-0.25, -0.2) is 0 Å². The maximum atomic E-state index is 5.58. The van der Waals surface area contributed by atoms with Crippen LogP contribution in [0.15, 0.2) is 48.8 Å². The van der Waals surface area contributed by atoms with Crippen LogP contribution in [0.25, 0.3) is 0 Å². The first-order chi connectivity index (χ1) is 7.34. The summed E-state index contributed by atoms with van der Waals surface area (Å²) in [6.45, 7) is 0. The fraction of sp³-hybridized carbons (Fsp3) is 0. The maximum Gasteiger partial charge on any atom is 0.0314 e. The number of nitrogen functional groups attached to an aromatic ring is 1. The van der Waals surface area contributed by atoms with Crippen LogP contribution in [-0.2, 0) is 0 Å². The lowest BCUT2D eigenvalue weighted by Crippen LogP contribution is -1.83. The molecule has 2 nitrogen and oxygen atoms in total. The third kappa shape index (κ3) is 2.58. The van der Waals surface area contributed by atoms with E-state index in [-0.39, 0.29) is 0 Å². The zero-order valence-electron chi connectivity index (χ0n) is 8.14. The number of nitrogens with zero attached hydrogens (tertiary/aromatic N) is 1. The molecule has 0 unspecified atom stereocenters. The quantitative estimate of drug-likeness (QED) is 0.515. The van der Waals surface area contributed by atoms with E-state index in [0.29, 0.717) is 0 Å². The SMILES string of the molecule is Nc1ccc(C#Cc2ccncc2)cc1. The number of pyridine rings is 1. The Morgan fingerprint density at radius 3 is 1.93 bits per heavy atom. The standard InChI is InChI=1S/C13H10N2/c14-13-5-3-11(4-6-13)1-2-12-7-9-15-10-8-12/h3-10H,14H2. The lowest BCUT2D eigenvalue weighted by atomic mass is 10.2. The Labute approximate surface area is 88.8 Å². The van der Waals surface area contributed by atoms with E-state index in [2.05, 4.69) is 16.8 Å². The van der Waals surface area contributed by atoms with Gasteiger partial charge in [0, 0.05) is 29.2 Å². The Bertz CT molecular complexity index is 490. The fourth-order valence-electron chi connectivity index (χ4n) is 1.15. The van der Waals surface area contributed by atoms with Crippen molar-refractivity contribution in [2.45, 2.75) is 0 Å². The van der Waals surface area contributed by atoms with Crippen LogP contribution in [0.1, 0.15) is 11.1 Å². The lowest BCUT2D eigenvalue weighted by molar-refractivity contribution is 1.32. The molecular formula is C13H10N2. The van der Waals surface area contributed by atoms with Crippen LogP contribution in [0.3, 0.4) is 0 Å². The second kappa shape index (κ2) is 4.30. The van der Waals surface area contributed by atoms with Crippen molar-refractivity contribution in [3.8, 4) is 11.8 Å². The molecule has 2 N–H and O–H groups in total. The van der Waals surface area contributed by atoms with E-state index >= 15 is 0 Å². The van der Waals surface area contributed by atoms with Crippen molar-refractivity contribution in [2.75, 3.05) is 5.73 Å². The minimum Gasteiger partial charge on any atom is -0.399 e. The van der Waals surface area contributed by atoms with E-state index in [9.17, 15) is 0 Å². The smallest absolute Gasteiger partial charge is 0.0314 e. The second-order valence-electron chi connectivity index (χ2n) is 3.11. The van der Waals surface area contributed by atoms with Gasteiger partial charge in [0.1, 0.15) is 0 Å². The van der Waals surface area contributed by atoms with Crippen LogP contribution in [0.5, 0.6) is 0 Å². The van der Waals surface area contributed by atoms with Gasteiger partial charge in [0.25, 0.3) is 0 Å². The first-order valence-corrected chi connectivity index (χ1v) is 4.62. The molecule has 72 valence electrons. The molecule has 2 rings (SSSR count). The molecule has 1 aromatic carbocycles. The van der Waals surface area contributed by atoms with Crippen LogP contribution in [-0.4, -0.2) is 4.98 Å². The molecule has 0 fully saturated rings. The molecule has 0 saturated carbocycles. The third-order valence-electron chi connectivity index (χ3n) is 1.94. The fourth-order valence-corrected chi connectivity index (χ4v) is 1.15. The van der Waals surface area contributed by atoms with Crippen molar-refractivity contribution < 1.29 is 0 Å². The van der Waals surface area contributed by atoms with E-state index in [0.717, 1.165) is 16.8 Å². The van der Waals surface area contributed by atoms with Gasteiger partial charge >= 0.3 is 0 Å². The van der Waals surface area contributed by atoms with E-state index in [1.807, 2.05) is 36.4 Å². The zero-order valence-corrected chi connectivity index (χ0v) is 8.14. The molecule has 0 aliphatic heterocycles. The van der Waals surface area contributed by atoms with E-state index < -0.39 is 0 Å². The molecule has 0 atom stereocenters. The Morgan fingerprint density at radius 2 is 1.33 bits per heavy atom. The number of benzene rings is 1. The number of rotatable bonds is 0. The molecule has 2 heteroatoms. The largest absolute Gasteiger partial charge is 0.399 e. The van der Waals surface area contributed by atoms with Crippen molar-refractivity contribution in [3.63, 3.8) is 0 Å². The van der Waals surface area contributed by atoms with Crippen LogP contribution in [0, 0.1) is 11.8 Å². The Kier molecular flexibility index (Phi) is 2.66. The first kappa shape index (κ1) is 9.29. The molecule has 0 spiro atoms. The molecular weight excluding hydrogens is 184 g/mol. The van der Waals surface area contributed by atoms with Gasteiger partial charge in [-0.3, -0.25) is 4.98 Å². The molecule has 0 aliphatic carbocycles. The van der Waals surface area contributed by atoms with E-state index in [1.165, 1.54) is 0 Å². The average Bonchev–Trinajstić information content (AvgIpc) is 2.30. The van der Waals surface area contributed by atoms with Crippen LogP contribution in [0.2, 0.25) is 0 Å². The van der Waals surface area contributed by atoms with Gasteiger partial charge < -0.3 is 5.73 Å². The first-order valence-electron chi connectivity index (χ1n) is 4.62. The van der Waals surface area contributed by atoms with Crippen molar-refractivity contribution in [1.29, 1.82) is 0 Å². The molecule has 1 aromatic heterocycles. The summed E-state index contributed by atoms with van der Waals surface area (Å²) in [5.74, 6) is 6.10. The number of hydrogen-bond donors (Lipinski definition) is 1. The van der Waals surface area contributed by atoms with Gasteiger partial charge in [0.2, 0.25) is 0 Å². The molecule has 0 radical (unpaired) electrons. The summed E-state index contributed by atoms with van der Waals surface area (Å²) < 4.78 is 0. The van der Waals surface area contributed by atoms with E-state index in [4.69, 9.17) is 5.73 Å². The number of hydrogen-bond acceptors (Lipinski definition) is 2. The summed E-state index contributed by atoms with van der Waals surface area (Å²) in [7, 11) is 0. The van der Waals surface area contributed by atoms with Gasteiger partial charge in [-0.2, -0.15) is 0 Å². The Hall–Kier alpha value is -2.27. The zero-order chi connectivity index (χ0) is 10.5. The van der Waals surface area contributed by atoms with Gasteiger partial charge in [-0.05, 0) is 36.4 Å². The monoisotopic (exact) mass is 194 g/mol. The summed E-state index contributed by atoms with van der Waals surface area (Å²) in [6.07, 6.45) is 3.46. The normalized spacial score (nSPS) is 9.07. The molecule has 0 amide bonds. The van der Waals surface area contributed by atoms with Crippen molar-refractivity contribution in [3.05, 3.63) is 59.9 Å². The van der Waals surface area contributed by atoms with E-state index in [1.54, 1.807) is 12.4 Å². The van der Waals surface area contributed by atoms with Gasteiger partial charge in [0.05, 0.1) is 0 Å². The van der Waals surface area contributed by atoms with Gasteiger partial charge in [-0.15, -0.1) is 0 Å². The summed E-state index contributed by atoms with van der Waals surface area (Å²) in [5, 5.41) is 0. The second-order valence-corrected chi connectivity index (χ2v) is 3.11. The highest BCUT2D eigenvalue weighted by Gasteiger charge is 1.86. The molecule has 15 heavy (non-hydrogen) atoms. The minimum atomic E-state index is 0.754. The predicted octanol–water partition coefficient (Wildman–Crippen LogP) is 2.06. The van der Waals surface area contributed by atoms with Crippen molar-refractivity contribution in [2.24, 2.45) is 0 Å². The molecule has 0 aliphatic rings. The summed E-state index contributed by atoms with van der Waals surface area (Å²) in [6, 6.07) is 11.3. The molecule has 1 heterocycles. The third-order valence-corrected chi connectivity index (χ3v) is 1.94. The van der Waals surface area contributed by atoms with Crippen LogP contribution >= 0.6 is 0 Å². The molecule has 2 aromatic rings. The minimum absolute atomic E-state index is 0.754. The van der Waals surface area contributed by atoms with Crippen LogP contribution in [0.4, 0.5) is 5.69 Å². The maximum absolute atomic E-state index is 5.58. The van der Waals surface area contributed by atoms with Crippen LogP contribution < -0.4 is 5.73 Å². The van der Waals surface area contributed by atoms with Crippen molar-refractivity contribution in [1.82, 2.24) is 4.98 Å². The summed E-state index contributed by atoms with van der Waals surface area (Å²) >= 11 is 0. The lowest BCUT2D eigenvalue weighted by Gasteiger charge is -1.91. The molecule has 0 bridgehead atoms. The summed E-state index contributed by atoms with van der Waals surface area (Å²) in [4.78, 5) is 3.93. The van der Waals surface area contributed by atoms with Gasteiger partial charge in [0.15, 0.2) is 0 Å². The average molecular weight is 194 g/mol. The highest BCUT2D eigenvalue weighted by atomic mass is 14.6. The highest BCUT2D eigenvalue weighted by molar-refractivity contribution is 5.47. The Balaban J connectivity index is 2.22. The number of aromatic nitrogens is 1. The number of anilines is 1. The Morgan fingerprint density at radius 1 is 0.800 bits per heavy atom. The topological polar surface area (TPSA) is 38.9 Å². The summed E-state index contributed by atoms with van der Waals surface area (Å²) in [5.41, 5.74) is 8.25. The van der Waals surface area contributed by atoms with Gasteiger partial charge in [-0.1, -0.05) is 11.8 Å². The highest BCUT2D eigenvalue weighted by Crippen LogP contribution is 2.04. The molecule has 0 saturated heterocycles. The predicted molar refractivity (Wildman–Crippen MR) is 61.1 cm³/mol.